The van der Waals surface area contributed by atoms with Gasteiger partial charge in [-0.25, -0.2) is 0 Å². The van der Waals surface area contributed by atoms with E-state index in [1.54, 1.807) is 24.3 Å². The van der Waals surface area contributed by atoms with Gasteiger partial charge in [-0.2, -0.15) is 0 Å². The minimum absolute atomic E-state index is 0.197. The van der Waals surface area contributed by atoms with Gasteiger partial charge in [0.15, 0.2) is 17.3 Å². The number of nitrogens with zero attached hydrogens (tertiary/aromatic N) is 1. The third-order valence-electron chi connectivity index (χ3n) is 4.30. The smallest absolute Gasteiger partial charge is 0.255 e. The van der Waals surface area contributed by atoms with Crippen molar-refractivity contribution in [3.05, 3.63) is 65.9 Å². The van der Waals surface area contributed by atoms with Crippen molar-refractivity contribution in [2.24, 2.45) is 0 Å². The maximum atomic E-state index is 12.5. The molecule has 0 spiro atoms. The molecular formula is C21H18N2O5. The van der Waals surface area contributed by atoms with E-state index in [1.807, 2.05) is 30.3 Å². The summed E-state index contributed by atoms with van der Waals surface area (Å²) >= 11 is 0. The molecule has 0 saturated carbocycles. The van der Waals surface area contributed by atoms with Crippen LogP contribution in [0, 0.1) is 0 Å². The summed E-state index contributed by atoms with van der Waals surface area (Å²) in [4.78, 5) is 12.5. The normalized spacial score (nSPS) is 10.8. The van der Waals surface area contributed by atoms with Crippen molar-refractivity contribution in [3.8, 4) is 23.0 Å². The average molecular weight is 378 g/mol. The Bertz CT molecular complexity index is 1100. The van der Waals surface area contributed by atoms with Gasteiger partial charge in [0, 0.05) is 11.5 Å². The van der Waals surface area contributed by atoms with Crippen LogP contribution in [0.5, 0.6) is 11.5 Å². The topological polar surface area (TPSA) is 86.7 Å². The summed E-state index contributed by atoms with van der Waals surface area (Å²) in [6, 6.07) is 16.4. The number of nitrogens with one attached hydrogen (secondary N) is 1. The predicted molar refractivity (Wildman–Crippen MR) is 102 cm³/mol. The zero-order valence-corrected chi connectivity index (χ0v) is 15.4. The van der Waals surface area contributed by atoms with Crippen LogP contribution < -0.4 is 14.8 Å². The number of hydrogen-bond acceptors (Lipinski definition) is 6. The van der Waals surface area contributed by atoms with E-state index in [9.17, 15) is 4.79 Å². The molecular weight excluding hydrogens is 360 g/mol. The van der Waals surface area contributed by atoms with Crippen molar-refractivity contribution in [1.29, 1.82) is 0 Å². The predicted octanol–water partition coefficient (Wildman–Crippen LogP) is 4.04. The molecule has 7 nitrogen and oxygen atoms in total. The quantitative estimate of drug-likeness (QED) is 0.545. The van der Waals surface area contributed by atoms with Crippen LogP contribution in [-0.4, -0.2) is 25.3 Å². The summed E-state index contributed by atoms with van der Waals surface area (Å²) in [6.07, 6.45) is 0. The number of carbonyl (C=O) groups is 1. The SMILES string of the molecule is COc1cccc(C(=O)NCc2cc(-c3cc4ccccc4o3)on2)c1OC. The summed E-state index contributed by atoms with van der Waals surface area (Å²) in [6.45, 7) is 0.197. The second-order valence-electron chi connectivity index (χ2n) is 6.05. The monoisotopic (exact) mass is 378 g/mol. The van der Waals surface area contributed by atoms with E-state index in [1.165, 1.54) is 14.2 Å². The Morgan fingerprint density at radius 1 is 1.04 bits per heavy atom. The van der Waals surface area contributed by atoms with Gasteiger partial charge in [0.25, 0.3) is 5.91 Å². The molecule has 2 aromatic heterocycles. The number of benzene rings is 2. The minimum atomic E-state index is -0.302. The van der Waals surface area contributed by atoms with Gasteiger partial charge in [-0.05, 0) is 24.3 Å². The Morgan fingerprint density at radius 3 is 2.68 bits per heavy atom. The van der Waals surface area contributed by atoms with Gasteiger partial charge in [-0.1, -0.05) is 29.4 Å². The highest BCUT2D eigenvalue weighted by molar-refractivity contribution is 5.97. The first kappa shape index (κ1) is 17.7. The lowest BCUT2D eigenvalue weighted by molar-refractivity contribution is 0.0946. The summed E-state index contributed by atoms with van der Waals surface area (Å²) in [5.74, 6) is 1.65. The number of aromatic nitrogens is 1. The van der Waals surface area contributed by atoms with E-state index in [4.69, 9.17) is 18.4 Å². The molecule has 0 saturated heterocycles. The lowest BCUT2D eigenvalue weighted by atomic mass is 10.1. The number of amides is 1. The molecule has 0 aliphatic rings. The number of rotatable bonds is 6. The Labute approximate surface area is 160 Å². The third-order valence-corrected chi connectivity index (χ3v) is 4.30. The number of ether oxygens (including phenoxy) is 2. The molecule has 4 aromatic rings. The van der Waals surface area contributed by atoms with Crippen LogP contribution in [0.25, 0.3) is 22.5 Å². The van der Waals surface area contributed by atoms with Crippen LogP contribution in [0.4, 0.5) is 0 Å². The van der Waals surface area contributed by atoms with Gasteiger partial charge in [-0.3, -0.25) is 4.79 Å². The minimum Gasteiger partial charge on any atom is -0.493 e. The molecule has 0 aliphatic carbocycles. The molecule has 0 radical (unpaired) electrons. The first-order valence-corrected chi connectivity index (χ1v) is 8.63. The van der Waals surface area contributed by atoms with Crippen LogP contribution in [0.15, 0.2) is 63.5 Å². The van der Waals surface area contributed by atoms with E-state index in [0.29, 0.717) is 34.3 Å². The highest BCUT2D eigenvalue weighted by Crippen LogP contribution is 2.31. The molecule has 0 fully saturated rings. The highest BCUT2D eigenvalue weighted by atomic mass is 16.5. The molecule has 2 heterocycles. The Morgan fingerprint density at radius 2 is 1.89 bits per heavy atom. The first-order valence-electron chi connectivity index (χ1n) is 8.63. The van der Waals surface area contributed by atoms with Crippen molar-refractivity contribution in [2.75, 3.05) is 14.2 Å². The van der Waals surface area contributed by atoms with Crippen LogP contribution in [0.3, 0.4) is 0 Å². The van der Waals surface area contributed by atoms with Crippen LogP contribution in [0.2, 0.25) is 0 Å². The Balaban J connectivity index is 1.48. The molecule has 7 heteroatoms. The van der Waals surface area contributed by atoms with Crippen molar-refractivity contribution in [1.82, 2.24) is 10.5 Å². The summed E-state index contributed by atoms with van der Waals surface area (Å²) < 4.78 is 21.6. The number of furan rings is 1. The van der Waals surface area contributed by atoms with Crippen molar-refractivity contribution >= 4 is 16.9 Å². The fourth-order valence-electron chi connectivity index (χ4n) is 2.95. The molecule has 1 N–H and O–H groups in total. The van der Waals surface area contributed by atoms with Crippen molar-refractivity contribution in [2.45, 2.75) is 6.54 Å². The zero-order valence-electron chi connectivity index (χ0n) is 15.4. The summed E-state index contributed by atoms with van der Waals surface area (Å²) in [7, 11) is 3.01. The first-order chi connectivity index (χ1) is 13.7. The number of hydrogen-bond donors (Lipinski definition) is 1. The van der Waals surface area contributed by atoms with Gasteiger partial charge in [0.2, 0.25) is 5.76 Å². The van der Waals surface area contributed by atoms with Crippen molar-refractivity contribution < 1.29 is 23.2 Å². The maximum Gasteiger partial charge on any atom is 0.255 e. The van der Waals surface area contributed by atoms with Gasteiger partial charge in [-0.15, -0.1) is 0 Å². The number of para-hydroxylation sites is 2. The second-order valence-corrected chi connectivity index (χ2v) is 6.05. The molecule has 4 rings (SSSR count). The highest BCUT2D eigenvalue weighted by Gasteiger charge is 2.17. The third kappa shape index (κ3) is 3.29. The van der Waals surface area contributed by atoms with Crippen LogP contribution >= 0.6 is 0 Å². The molecule has 28 heavy (non-hydrogen) atoms. The number of fused-ring (bicyclic) bond motifs is 1. The number of carbonyl (C=O) groups excluding carboxylic acids is 1. The molecule has 0 unspecified atom stereocenters. The van der Waals surface area contributed by atoms with Gasteiger partial charge in [0.1, 0.15) is 11.3 Å². The van der Waals surface area contributed by atoms with Crippen LogP contribution in [0.1, 0.15) is 16.1 Å². The van der Waals surface area contributed by atoms with E-state index >= 15 is 0 Å². The van der Waals surface area contributed by atoms with Gasteiger partial charge in [0.05, 0.1) is 26.3 Å². The maximum absolute atomic E-state index is 12.5. The fourth-order valence-corrected chi connectivity index (χ4v) is 2.95. The number of methoxy groups -OCH3 is 2. The molecule has 1 amide bonds. The summed E-state index contributed by atoms with van der Waals surface area (Å²) in [5, 5.41) is 7.78. The molecule has 142 valence electrons. The standard InChI is InChI=1S/C21H18N2O5/c1-25-17-9-5-7-15(20(17)26-2)21(24)22-12-14-11-19(28-23-14)18-10-13-6-3-4-8-16(13)27-18/h3-11H,12H2,1-2H3,(H,22,24). The Kier molecular flexibility index (Phi) is 4.72. The van der Waals surface area contributed by atoms with Crippen molar-refractivity contribution in [3.63, 3.8) is 0 Å². The fraction of sp³-hybridized carbons (Fsp3) is 0.143. The van der Waals surface area contributed by atoms with E-state index < -0.39 is 0 Å². The Hall–Kier alpha value is -3.74. The molecule has 0 aliphatic heterocycles. The van der Waals surface area contributed by atoms with E-state index in [-0.39, 0.29) is 12.5 Å². The van der Waals surface area contributed by atoms with E-state index in [2.05, 4.69) is 10.5 Å². The van der Waals surface area contributed by atoms with Crippen LogP contribution in [-0.2, 0) is 6.54 Å². The lowest BCUT2D eigenvalue weighted by Gasteiger charge is -2.12. The van der Waals surface area contributed by atoms with Gasteiger partial charge >= 0.3 is 0 Å². The zero-order chi connectivity index (χ0) is 19.5. The molecule has 0 atom stereocenters. The largest absolute Gasteiger partial charge is 0.493 e. The summed E-state index contributed by atoms with van der Waals surface area (Å²) in [5.41, 5.74) is 1.72. The van der Waals surface area contributed by atoms with Gasteiger partial charge < -0.3 is 23.7 Å². The lowest BCUT2D eigenvalue weighted by Crippen LogP contribution is -2.23. The molecule has 0 bridgehead atoms. The average Bonchev–Trinajstić information content (AvgIpc) is 3.37. The second kappa shape index (κ2) is 7.48. The molecule has 2 aromatic carbocycles. The van der Waals surface area contributed by atoms with E-state index in [0.717, 1.165) is 11.0 Å².